The summed E-state index contributed by atoms with van der Waals surface area (Å²) in [5, 5.41) is 14.9. The molecule has 0 spiro atoms. The highest BCUT2D eigenvalue weighted by Crippen LogP contribution is 2.18. The summed E-state index contributed by atoms with van der Waals surface area (Å²) in [7, 11) is 0. The molecule has 0 saturated heterocycles. The average molecular weight is 446 g/mol. The van der Waals surface area contributed by atoms with Crippen molar-refractivity contribution in [2.75, 3.05) is 5.32 Å². The predicted octanol–water partition coefficient (Wildman–Crippen LogP) is 4.72. The highest BCUT2D eigenvalue weighted by molar-refractivity contribution is 7.80. The number of benzene rings is 3. The van der Waals surface area contributed by atoms with E-state index >= 15 is 0 Å². The van der Waals surface area contributed by atoms with Crippen LogP contribution in [0.3, 0.4) is 0 Å². The standard InChI is InChI=1S/C24H23N5O2S/c1-3-16(2)31-20-12-9-17(10-13-20)23(30)26-24(32)25-18-11-14-21-22(15-18)28-29(27-21)19-7-5-4-6-8-19/h4-16H,3H2,1-2H3,(H2,25,26,30,32). The Bertz CT molecular complexity index is 1240. The fourth-order valence-corrected chi connectivity index (χ4v) is 3.22. The van der Waals surface area contributed by atoms with E-state index in [9.17, 15) is 4.79 Å². The Labute approximate surface area is 191 Å². The number of anilines is 1. The minimum atomic E-state index is -0.298. The van der Waals surface area contributed by atoms with Crippen LogP contribution in [0.15, 0.2) is 72.8 Å². The summed E-state index contributed by atoms with van der Waals surface area (Å²) in [5.41, 5.74) is 3.55. The number of aromatic nitrogens is 3. The number of hydrogen-bond donors (Lipinski definition) is 2. The molecule has 1 amide bonds. The maximum absolute atomic E-state index is 12.5. The summed E-state index contributed by atoms with van der Waals surface area (Å²) in [6.45, 7) is 4.06. The third kappa shape index (κ3) is 5.09. The molecule has 1 heterocycles. The van der Waals surface area contributed by atoms with Gasteiger partial charge in [0.15, 0.2) is 5.11 Å². The minimum Gasteiger partial charge on any atom is -0.491 e. The van der Waals surface area contributed by atoms with Gasteiger partial charge in [-0.1, -0.05) is 25.1 Å². The lowest BCUT2D eigenvalue weighted by atomic mass is 10.2. The van der Waals surface area contributed by atoms with E-state index in [0.717, 1.165) is 23.4 Å². The van der Waals surface area contributed by atoms with E-state index in [2.05, 4.69) is 27.8 Å². The monoisotopic (exact) mass is 445 g/mol. The van der Waals surface area contributed by atoms with Crippen LogP contribution in [0.1, 0.15) is 30.6 Å². The van der Waals surface area contributed by atoms with Crippen LogP contribution in [0.2, 0.25) is 0 Å². The molecule has 0 aliphatic heterocycles. The second kappa shape index (κ2) is 9.57. The van der Waals surface area contributed by atoms with Crippen molar-refractivity contribution in [1.29, 1.82) is 0 Å². The second-order valence-electron chi connectivity index (χ2n) is 7.30. The van der Waals surface area contributed by atoms with E-state index < -0.39 is 0 Å². The summed E-state index contributed by atoms with van der Waals surface area (Å²) in [6, 6.07) is 22.2. The maximum Gasteiger partial charge on any atom is 0.257 e. The van der Waals surface area contributed by atoms with Gasteiger partial charge in [-0.15, -0.1) is 10.2 Å². The molecule has 4 rings (SSSR count). The maximum atomic E-state index is 12.5. The summed E-state index contributed by atoms with van der Waals surface area (Å²) in [5.74, 6) is 0.433. The smallest absolute Gasteiger partial charge is 0.257 e. The van der Waals surface area contributed by atoms with Crippen molar-refractivity contribution in [1.82, 2.24) is 20.3 Å². The van der Waals surface area contributed by atoms with E-state index in [1.54, 1.807) is 29.1 Å². The number of thiocarbonyl (C=S) groups is 1. The van der Waals surface area contributed by atoms with Crippen LogP contribution in [-0.4, -0.2) is 32.1 Å². The lowest BCUT2D eigenvalue weighted by molar-refractivity contribution is 0.0977. The number of amides is 1. The SMILES string of the molecule is CCC(C)Oc1ccc(C(=O)NC(=S)Nc2ccc3nn(-c4ccccc4)nc3c2)cc1. The lowest BCUT2D eigenvalue weighted by Gasteiger charge is -2.13. The molecule has 0 saturated carbocycles. The van der Waals surface area contributed by atoms with Gasteiger partial charge in [-0.25, -0.2) is 0 Å². The van der Waals surface area contributed by atoms with Crippen LogP contribution >= 0.6 is 12.2 Å². The van der Waals surface area contributed by atoms with Crippen LogP contribution in [0, 0.1) is 0 Å². The minimum absolute atomic E-state index is 0.123. The molecule has 162 valence electrons. The topological polar surface area (TPSA) is 81.1 Å². The summed E-state index contributed by atoms with van der Waals surface area (Å²) < 4.78 is 5.74. The first-order valence-electron chi connectivity index (χ1n) is 10.3. The van der Waals surface area contributed by atoms with Crippen molar-refractivity contribution in [2.45, 2.75) is 26.4 Å². The molecule has 4 aromatic rings. The molecule has 0 fully saturated rings. The van der Waals surface area contributed by atoms with Gasteiger partial charge in [0, 0.05) is 11.3 Å². The second-order valence-corrected chi connectivity index (χ2v) is 7.71. The lowest BCUT2D eigenvalue weighted by Crippen LogP contribution is -2.34. The van der Waals surface area contributed by atoms with E-state index in [4.69, 9.17) is 17.0 Å². The van der Waals surface area contributed by atoms with Crippen LogP contribution in [-0.2, 0) is 0 Å². The van der Waals surface area contributed by atoms with Crippen molar-refractivity contribution in [2.24, 2.45) is 0 Å². The molecule has 32 heavy (non-hydrogen) atoms. The Morgan fingerprint density at radius 1 is 1.03 bits per heavy atom. The zero-order valence-electron chi connectivity index (χ0n) is 17.8. The molecule has 3 aromatic carbocycles. The summed E-state index contributed by atoms with van der Waals surface area (Å²) in [6.07, 6.45) is 1.04. The van der Waals surface area contributed by atoms with Gasteiger partial charge in [-0.05, 0) is 80.2 Å². The van der Waals surface area contributed by atoms with Crippen LogP contribution in [0.25, 0.3) is 16.7 Å². The van der Waals surface area contributed by atoms with Crippen molar-refractivity contribution in [3.05, 3.63) is 78.4 Å². The Hall–Kier alpha value is -3.78. The Balaban J connectivity index is 1.39. The van der Waals surface area contributed by atoms with Crippen LogP contribution in [0.5, 0.6) is 5.75 Å². The molecule has 0 bridgehead atoms. The van der Waals surface area contributed by atoms with Crippen molar-refractivity contribution in [3.8, 4) is 11.4 Å². The van der Waals surface area contributed by atoms with E-state index in [-0.39, 0.29) is 17.1 Å². The Morgan fingerprint density at radius 3 is 2.47 bits per heavy atom. The number of nitrogens with one attached hydrogen (secondary N) is 2. The first-order valence-corrected chi connectivity index (χ1v) is 10.7. The Morgan fingerprint density at radius 2 is 1.75 bits per heavy atom. The Kier molecular flexibility index (Phi) is 6.42. The number of para-hydroxylation sites is 1. The number of carbonyl (C=O) groups excluding carboxylic acids is 1. The first kappa shape index (κ1) is 21.5. The van der Waals surface area contributed by atoms with Crippen molar-refractivity contribution < 1.29 is 9.53 Å². The molecule has 0 aliphatic carbocycles. The van der Waals surface area contributed by atoms with Gasteiger partial charge in [-0.3, -0.25) is 10.1 Å². The third-order valence-corrected chi connectivity index (χ3v) is 5.09. The fourth-order valence-electron chi connectivity index (χ4n) is 3.01. The number of ether oxygens (including phenoxy) is 1. The van der Waals surface area contributed by atoms with E-state index in [0.29, 0.717) is 16.8 Å². The number of nitrogens with zero attached hydrogens (tertiary/aromatic N) is 3. The van der Waals surface area contributed by atoms with Gasteiger partial charge in [0.2, 0.25) is 0 Å². The van der Waals surface area contributed by atoms with Crippen LogP contribution < -0.4 is 15.4 Å². The molecule has 7 nitrogen and oxygen atoms in total. The number of rotatable bonds is 6. The predicted molar refractivity (Wildman–Crippen MR) is 129 cm³/mol. The normalized spacial score (nSPS) is 11.7. The number of carbonyl (C=O) groups is 1. The molecule has 0 radical (unpaired) electrons. The zero-order chi connectivity index (χ0) is 22.5. The molecule has 2 N–H and O–H groups in total. The quantitative estimate of drug-likeness (QED) is 0.418. The third-order valence-electron chi connectivity index (χ3n) is 4.88. The van der Waals surface area contributed by atoms with Crippen LogP contribution in [0.4, 0.5) is 5.69 Å². The van der Waals surface area contributed by atoms with Gasteiger partial charge < -0.3 is 10.1 Å². The first-order chi connectivity index (χ1) is 15.5. The highest BCUT2D eigenvalue weighted by atomic mass is 32.1. The number of hydrogen-bond acceptors (Lipinski definition) is 5. The van der Waals surface area contributed by atoms with E-state index in [1.165, 1.54) is 0 Å². The molecule has 0 aliphatic rings. The molecule has 1 aromatic heterocycles. The summed E-state index contributed by atoms with van der Waals surface area (Å²) in [4.78, 5) is 14.1. The average Bonchev–Trinajstić information content (AvgIpc) is 3.23. The summed E-state index contributed by atoms with van der Waals surface area (Å²) >= 11 is 5.31. The molecular formula is C24H23N5O2S. The zero-order valence-corrected chi connectivity index (χ0v) is 18.6. The van der Waals surface area contributed by atoms with Gasteiger partial charge in [0.1, 0.15) is 16.8 Å². The molecular weight excluding hydrogens is 422 g/mol. The van der Waals surface area contributed by atoms with Crippen molar-refractivity contribution >= 4 is 40.0 Å². The highest BCUT2D eigenvalue weighted by Gasteiger charge is 2.10. The molecule has 8 heteroatoms. The van der Waals surface area contributed by atoms with Gasteiger partial charge >= 0.3 is 0 Å². The van der Waals surface area contributed by atoms with Gasteiger partial charge in [0.25, 0.3) is 5.91 Å². The van der Waals surface area contributed by atoms with Gasteiger partial charge in [-0.2, -0.15) is 4.80 Å². The fraction of sp³-hybridized carbons (Fsp3) is 0.167. The van der Waals surface area contributed by atoms with E-state index in [1.807, 2.05) is 55.5 Å². The molecule has 1 unspecified atom stereocenters. The molecule has 1 atom stereocenters. The largest absolute Gasteiger partial charge is 0.491 e. The van der Waals surface area contributed by atoms with Gasteiger partial charge in [0.05, 0.1) is 11.8 Å². The van der Waals surface area contributed by atoms with Crippen molar-refractivity contribution in [3.63, 3.8) is 0 Å². The number of fused-ring (bicyclic) bond motifs is 1.